The third-order valence-electron chi connectivity index (χ3n) is 3.72. The molecule has 3 aromatic rings. The minimum atomic E-state index is -1.29. The average Bonchev–Trinajstić information content (AvgIpc) is 2.64. The fraction of sp³-hybridized carbons (Fsp3) is 0.100. The molecule has 2 aromatic carbocycles. The van der Waals surface area contributed by atoms with E-state index in [1.807, 2.05) is 54.6 Å². The van der Waals surface area contributed by atoms with Gasteiger partial charge in [-0.3, -0.25) is 10.7 Å². The normalized spacial score (nSPS) is 13.0. The minimum absolute atomic E-state index is 0.288. The number of nitrogens with two attached hydrogens (primary N) is 1. The van der Waals surface area contributed by atoms with Crippen LogP contribution in [-0.4, -0.2) is 11.0 Å². The lowest BCUT2D eigenvalue weighted by Gasteiger charge is -2.29. The Balaban J connectivity index is 1.92. The Morgan fingerprint density at radius 2 is 1.54 bits per heavy atom. The van der Waals surface area contributed by atoms with Gasteiger partial charge in [0, 0.05) is 23.9 Å². The first-order chi connectivity index (χ1) is 11.7. The van der Waals surface area contributed by atoms with Gasteiger partial charge >= 0.3 is 5.97 Å². The quantitative estimate of drug-likeness (QED) is 0.579. The van der Waals surface area contributed by atoms with Gasteiger partial charge in [0.25, 0.3) is 0 Å². The highest BCUT2D eigenvalue weighted by Gasteiger charge is 2.33. The third kappa shape index (κ3) is 3.67. The van der Waals surface area contributed by atoms with Crippen molar-refractivity contribution in [2.75, 3.05) is 0 Å². The van der Waals surface area contributed by atoms with Crippen molar-refractivity contribution in [3.8, 4) is 0 Å². The smallest absolute Gasteiger partial charge is 0.340 e. The van der Waals surface area contributed by atoms with E-state index in [4.69, 9.17) is 10.5 Å². The van der Waals surface area contributed by atoms with E-state index >= 15 is 0 Å². The summed E-state index contributed by atoms with van der Waals surface area (Å²) in [6.45, 7) is 0. The van der Waals surface area contributed by atoms with Gasteiger partial charge in [0.15, 0.2) is 5.72 Å². The van der Waals surface area contributed by atoms with Crippen LogP contribution < -0.4 is 5.73 Å². The van der Waals surface area contributed by atoms with Crippen LogP contribution in [0.1, 0.15) is 21.6 Å². The Labute approximate surface area is 140 Å². The minimum Gasteiger partial charge on any atom is -0.436 e. The Morgan fingerprint density at radius 3 is 2.17 bits per heavy atom. The maximum absolute atomic E-state index is 12.5. The monoisotopic (exact) mass is 318 g/mol. The lowest BCUT2D eigenvalue weighted by molar-refractivity contribution is -0.0190. The first kappa shape index (κ1) is 15.9. The predicted octanol–water partition coefficient (Wildman–Crippen LogP) is 3.29. The van der Waals surface area contributed by atoms with Gasteiger partial charge in [0.05, 0.1) is 5.56 Å². The molecular weight excluding hydrogens is 300 g/mol. The van der Waals surface area contributed by atoms with Crippen molar-refractivity contribution in [3.05, 3.63) is 102 Å². The number of aromatic nitrogens is 1. The number of ether oxygens (including phenoxy) is 1. The summed E-state index contributed by atoms with van der Waals surface area (Å²) in [6.07, 6.45) is 1.98. The lowest BCUT2D eigenvalue weighted by atomic mass is 9.97. The summed E-state index contributed by atoms with van der Waals surface area (Å²) in [4.78, 5) is 16.8. The van der Waals surface area contributed by atoms with Gasteiger partial charge in [-0.1, -0.05) is 54.6 Å². The molecule has 0 bridgehead atoms. The largest absolute Gasteiger partial charge is 0.436 e. The van der Waals surface area contributed by atoms with Crippen LogP contribution in [0, 0.1) is 0 Å². The van der Waals surface area contributed by atoms with Gasteiger partial charge in [-0.15, -0.1) is 0 Å². The van der Waals surface area contributed by atoms with E-state index in [0.717, 1.165) is 11.3 Å². The van der Waals surface area contributed by atoms with Gasteiger partial charge in [-0.2, -0.15) is 0 Å². The van der Waals surface area contributed by atoms with Gasteiger partial charge in [0.2, 0.25) is 0 Å². The second kappa shape index (κ2) is 7.06. The lowest BCUT2D eigenvalue weighted by Crippen LogP contribution is -2.44. The zero-order valence-electron chi connectivity index (χ0n) is 13.1. The molecule has 3 rings (SSSR count). The summed E-state index contributed by atoms with van der Waals surface area (Å²) < 4.78 is 5.71. The zero-order chi connectivity index (χ0) is 16.8. The number of carbonyl (C=O) groups excluding carboxylic acids is 1. The zero-order valence-corrected chi connectivity index (χ0v) is 13.1. The number of hydrogen-bond acceptors (Lipinski definition) is 4. The molecule has 1 unspecified atom stereocenters. The summed E-state index contributed by atoms with van der Waals surface area (Å²) in [5.74, 6) is -0.460. The molecule has 0 aliphatic carbocycles. The van der Waals surface area contributed by atoms with Gasteiger partial charge in [-0.05, 0) is 24.3 Å². The molecule has 24 heavy (non-hydrogen) atoms. The summed E-state index contributed by atoms with van der Waals surface area (Å²) in [6, 6.07) is 23.7. The molecule has 4 heteroatoms. The first-order valence-electron chi connectivity index (χ1n) is 7.70. The van der Waals surface area contributed by atoms with E-state index in [9.17, 15) is 4.79 Å². The van der Waals surface area contributed by atoms with Crippen molar-refractivity contribution >= 4 is 5.97 Å². The molecule has 4 nitrogen and oxygen atoms in total. The Morgan fingerprint density at radius 1 is 0.917 bits per heavy atom. The van der Waals surface area contributed by atoms with E-state index in [1.54, 1.807) is 30.5 Å². The molecule has 0 radical (unpaired) electrons. The first-order valence-corrected chi connectivity index (χ1v) is 7.70. The predicted molar refractivity (Wildman–Crippen MR) is 92.1 cm³/mol. The Kier molecular flexibility index (Phi) is 4.68. The number of hydrogen-bond donors (Lipinski definition) is 1. The molecule has 0 amide bonds. The fourth-order valence-electron chi connectivity index (χ4n) is 2.49. The van der Waals surface area contributed by atoms with Crippen LogP contribution in [0.5, 0.6) is 0 Å². The maximum atomic E-state index is 12.5. The van der Waals surface area contributed by atoms with Crippen molar-refractivity contribution < 1.29 is 9.53 Å². The molecule has 1 heterocycles. The molecule has 0 fully saturated rings. The number of rotatable bonds is 5. The Hall–Kier alpha value is -2.98. The summed E-state index contributed by atoms with van der Waals surface area (Å²) >= 11 is 0. The summed E-state index contributed by atoms with van der Waals surface area (Å²) in [5, 5.41) is 0. The summed E-state index contributed by atoms with van der Waals surface area (Å²) in [5.41, 5.74) is 7.16. The highest BCUT2D eigenvalue weighted by atomic mass is 16.6. The van der Waals surface area contributed by atoms with Crippen molar-refractivity contribution in [1.29, 1.82) is 0 Å². The van der Waals surface area contributed by atoms with Crippen LogP contribution in [0.2, 0.25) is 0 Å². The molecule has 0 saturated heterocycles. The van der Waals surface area contributed by atoms with E-state index in [-0.39, 0.29) is 6.42 Å². The van der Waals surface area contributed by atoms with E-state index in [2.05, 4.69) is 4.98 Å². The molecule has 0 aliphatic heterocycles. The number of carbonyl (C=O) groups is 1. The topological polar surface area (TPSA) is 65.2 Å². The number of pyridine rings is 1. The van der Waals surface area contributed by atoms with Crippen LogP contribution in [0.4, 0.5) is 0 Å². The highest BCUT2D eigenvalue weighted by molar-refractivity contribution is 5.89. The van der Waals surface area contributed by atoms with E-state index < -0.39 is 11.7 Å². The van der Waals surface area contributed by atoms with Gasteiger partial charge < -0.3 is 4.74 Å². The van der Waals surface area contributed by atoms with Gasteiger partial charge in [-0.25, -0.2) is 4.79 Å². The van der Waals surface area contributed by atoms with Crippen molar-refractivity contribution in [3.63, 3.8) is 0 Å². The van der Waals surface area contributed by atoms with Gasteiger partial charge in [0.1, 0.15) is 0 Å². The van der Waals surface area contributed by atoms with E-state index in [1.165, 1.54) is 0 Å². The fourth-order valence-corrected chi connectivity index (χ4v) is 2.49. The summed E-state index contributed by atoms with van der Waals surface area (Å²) in [7, 11) is 0. The molecule has 0 spiro atoms. The van der Waals surface area contributed by atoms with Crippen LogP contribution in [0.25, 0.3) is 0 Å². The molecular formula is C20H18N2O2. The van der Waals surface area contributed by atoms with Crippen molar-refractivity contribution in [1.82, 2.24) is 4.98 Å². The van der Waals surface area contributed by atoms with Crippen molar-refractivity contribution in [2.45, 2.75) is 12.1 Å². The highest BCUT2D eigenvalue weighted by Crippen LogP contribution is 2.25. The number of benzene rings is 2. The molecule has 1 aromatic heterocycles. The second-order valence-electron chi connectivity index (χ2n) is 5.51. The van der Waals surface area contributed by atoms with Crippen molar-refractivity contribution in [2.24, 2.45) is 5.73 Å². The molecule has 0 aliphatic rings. The van der Waals surface area contributed by atoms with Crippen LogP contribution in [0.3, 0.4) is 0 Å². The SMILES string of the molecule is NC(Cc1ccccn1)(OC(=O)c1ccccc1)c1ccccc1. The Bertz CT molecular complexity index is 792. The van der Waals surface area contributed by atoms with Crippen LogP contribution in [0.15, 0.2) is 85.1 Å². The van der Waals surface area contributed by atoms with Crippen LogP contribution in [-0.2, 0) is 16.9 Å². The molecule has 1 atom stereocenters. The standard InChI is InChI=1S/C20H18N2O2/c21-20(17-11-5-2-6-12-17,15-18-13-7-8-14-22-18)24-19(23)16-9-3-1-4-10-16/h1-14H,15,21H2. The second-order valence-corrected chi connectivity index (χ2v) is 5.51. The van der Waals surface area contributed by atoms with Crippen LogP contribution >= 0.6 is 0 Å². The maximum Gasteiger partial charge on any atom is 0.340 e. The number of nitrogens with zero attached hydrogens (tertiary/aromatic N) is 1. The molecule has 120 valence electrons. The third-order valence-corrected chi connectivity index (χ3v) is 3.72. The average molecular weight is 318 g/mol. The molecule has 2 N–H and O–H groups in total. The molecule has 0 saturated carbocycles. The number of esters is 1. The van der Waals surface area contributed by atoms with E-state index in [0.29, 0.717) is 5.56 Å².